The number of benzene rings is 1. The number of H-pyrrole nitrogens is 1. The van der Waals surface area contributed by atoms with Gasteiger partial charge in [-0.05, 0) is 38.1 Å². The van der Waals surface area contributed by atoms with Crippen LogP contribution in [0.2, 0.25) is 0 Å². The van der Waals surface area contributed by atoms with Crippen LogP contribution in [0.25, 0.3) is 10.9 Å². The monoisotopic (exact) mass is 268 g/mol. The highest BCUT2D eigenvalue weighted by Crippen LogP contribution is 2.16. The normalized spacial score (nSPS) is 11.2. The highest BCUT2D eigenvalue weighted by Gasteiger charge is 2.09. The Kier molecular flexibility index (Phi) is 3.02. The number of aromatic amines is 1. The first kappa shape index (κ1) is 12.5. The topological polar surface area (TPSA) is 62.7 Å². The van der Waals surface area contributed by atoms with Crippen LogP contribution in [0.5, 0.6) is 0 Å². The lowest BCUT2D eigenvalue weighted by Gasteiger charge is -2.04. The zero-order chi connectivity index (χ0) is 14.1. The van der Waals surface area contributed by atoms with E-state index in [9.17, 15) is 4.79 Å². The molecule has 2 aromatic heterocycles. The third-order valence-corrected chi connectivity index (χ3v) is 3.20. The van der Waals surface area contributed by atoms with E-state index in [0.29, 0.717) is 11.3 Å². The zero-order valence-corrected chi connectivity index (χ0v) is 11.4. The summed E-state index contributed by atoms with van der Waals surface area (Å²) in [4.78, 5) is 15.3. The first-order chi connectivity index (χ1) is 9.63. The minimum absolute atomic E-state index is 0.128. The SMILES string of the molecule is CC(C)n1cc(NC(=O)c2ccc3[nH]ccc3c2)cn1. The smallest absolute Gasteiger partial charge is 0.255 e. The van der Waals surface area contributed by atoms with E-state index < -0.39 is 0 Å². The molecule has 0 unspecified atom stereocenters. The summed E-state index contributed by atoms with van der Waals surface area (Å²) in [6, 6.07) is 7.80. The molecular weight excluding hydrogens is 252 g/mol. The minimum atomic E-state index is -0.128. The molecule has 2 N–H and O–H groups in total. The van der Waals surface area contributed by atoms with E-state index in [1.807, 2.05) is 49.1 Å². The van der Waals surface area contributed by atoms with Crippen LogP contribution >= 0.6 is 0 Å². The van der Waals surface area contributed by atoms with E-state index in [4.69, 9.17) is 0 Å². The first-order valence-electron chi connectivity index (χ1n) is 6.56. The van der Waals surface area contributed by atoms with Gasteiger partial charge in [-0.15, -0.1) is 0 Å². The molecule has 0 atom stereocenters. The molecule has 0 bridgehead atoms. The molecule has 0 saturated heterocycles. The third kappa shape index (κ3) is 2.30. The Balaban J connectivity index is 1.80. The lowest BCUT2D eigenvalue weighted by molar-refractivity contribution is 0.102. The van der Waals surface area contributed by atoms with Crippen LogP contribution in [0.1, 0.15) is 30.2 Å². The van der Waals surface area contributed by atoms with Gasteiger partial charge in [0.1, 0.15) is 0 Å². The molecule has 2 heterocycles. The molecule has 0 aliphatic carbocycles. The van der Waals surface area contributed by atoms with Gasteiger partial charge >= 0.3 is 0 Å². The Morgan fingerprint density at radius 2 is 2.20 bits per heavy atom. The predicted molar refractivity (Wildman–Crippen MR) is 78.9 cm³/mol. The van der Waals surface area contributed by atoms with Crippen molar-refractivity contribution in [3.8, 4) is 0 Å². The van der Waals surface area contributed by atoms with Crippen LogP contribution in [0, 0.1) is 0 Å². The van der Waals surface area contributed by atoms with Crippen molar-refractivity contribution >= 4 is 22.5 Å². The average Bonchev–Trinajstić information content (AvgIpc) is 3.05. The molecule has 1 amide bonds. The maximum atomic E-state index is 12.2. The van der Waals surface area contributed by atoms with E-state index in [0.717, 1.165) is 10.9 Å². The van der Waals surface area contributed by atoms with Gasteiger partial charge in [0.25, 0.3) is 5.91 Å². The first-order valence-corrected chi connectivity index (χ1v) is 6.56. The number of hydrogen-bond acceptors (Lipinski definition) is 2. The predicted octanol–water partition coefficient (Wildman–Crippen LogP) is 3.20. The van der Waals surface area contributed by atoms with Crippen molar-refractivity contribution in [3.63, 3.8) is 0 Å². The summed E-state index contributed by atoms with van der Waals surface area (Å²) in [6.45, 7) is 4.08. The number of nitrogens with one attached hydrogen (secondary N) is 2. The van der Waals surface area contributed by atoms with Gasteiger partial charge in [-0.25, -0.2) is 0 Å². The molecule has 5 nitrogen and oxygen atoms in total. The number of nitrogens with zero attached hydrogens (tertiary/aromatic N) is 2. The zero-order valence-electron chi connectivity index (χ0n) is 11.4. The van der Waals surface area contributed by atoms with Gasteiger partial charge < -0.3 is 10.3 Å². The molecule has 0 fully saturated rings. The van der Waals surface area contributed by atoms with Crippen LogP contribution in [-0.2, 0) is 0 Å². The maximum absolute atomic E-state index is 12.2. The summed E-state index contributed by atoms with van der Waals surface area (Å²) in [7, 11) is 0. The second-order valence-electron chi connectivity index (χ2n) is 5.04. The van der Waals surface area contributed by atoms with Crippen molar-refractivity contribution in [3.05, 3.63) is 48.4 Å². The van der Waals surface area contributed by atoms with E-state index in [-0.39, 0.29) is 11.9 Å². The third-order valence-electron chi connectivity index (χ3n) is 3.20. The van der Waals surface area contributed by atoms with Gasteiger partial charge in [0.15, 0.2) is 0 Å². The van der Waals surface area contributed by atoms with Crippen LogP contribution in [0.3, 0.4) is 0 Å². The Bertz CT molecular complexity index is 754. The maximum Gasteiger partial charge on any atom is 0.255 e. The number of rotatable bonds is 3. The molecule has 1 aromatic carbocycles. The number of carbonyl (C=O) groups excluding carboxylic acids is 1. The van der Waals surface area contributed by atoms with E-state index >= 15 is 0 Å². The van der Waals surface area contributed by atoms with Crippen LogP contribution in [0.4, 0.5) is 5.69 Å². The summed E-state index contributed by atoms with van der Waals surface area (Å²) >= 11 is 0. The fraction of sp³-hybridized carbons (Fsp3) is 0.200. The minimum Gasteiger partial charge on any atom is -0.361 e. The Morgan fingerprint density at radius 3 is 2.95 bits per heavy atom. The lowest BCUT2D eigenvalue weighted by Crippen LogP contribution is -2.11. The van der Waals surface area contributed by atoms with Gasteiger partial charge in [0.05, 0.1) is 11.9 Å². The molecule has 3 rings (SSSR count). The van der Waals surface area contributed by atoms with Crippen molar-refractivity contribution < 1.29 is 4.79 Å². The summed E-state index contributed by atoms with van der Waals surface area (Å²) < 4.78 is 1.81. The number of anilines is 1. The fourth-order valence-corrected chi connectivity index (χ4v) is 2.08. The molecule has 0 spiro atoms. The van der Waals surface area contributed by atoms with Gasteiger partial charge in [-0.1, -0.05) is 0 Å². The molecule has 5 heteroatoms. The highest BCUT2D eigenvalue weighted by atomic mass is 16.1. The molecule has 0 aliphatic heterocycles. The van der Waals surface area contributed by atoms with Crippen molar-refractivity contribution in [2.24, 2.45) is 0 Å². The van der Waals surface area contributed by atoms with E-state index in [2.05, 4.69) is 15.4 Å². The highest BCUT2D eigenvalue weighted by molar-refractivity contribution is 6.06. The summed E-state index contributed by atoms with van der Waals surface area (Å²) in [6.07, 6.45) is 5.35. The molecule has 3 aromatic rings. The van der Waals surface area contributed by atoms with Crippen LogP contribution in [-0.4, -0.2) is 20.7 Å². The molecule has 102 valence electrons. The number of hydrogen-bond donors (Lipinski definition) is 2. The lowest BCUT2D eigenvalue weighted by atomic mass is 10.1. The number of carbonyl (C=O) groups is 1. The standard InChI is InChI=1S/C15H16N4O/c1-10(2)19-9-13(8-17-19)18-15(20)12-3-4-14-11(7-12)5-6-16-14/h3-10,16H,1-2H3,(H,18,20). The van der Waals surface area contributed by atoms with Crippen LogP contribution < -0.4 is 5.32 Å². The number of amides is 1. The Labute approximate surface area is 116 Å². The van der Waals surface area contributed by atoms with Crippen molar-refractivity contribution in [2.75, 3.05) is 5.32 Å². The number of aromatic nitrogens is 3. The second-order valence-corrected chi connectivity index (χ2v) is 5.04. The number of fused-ring (bicyclic) bond motifs is 1. The van der Waals surface area contributed by atoms with Crippen molar-refractivity contribution in [2.45, 2.75) is 19.9 Å². The van der Waals surface area contributed by atoms with Crippen LogP contribution in [0.15, 0.2) is 42.9 Å². The average molecular weight is 268 g/mol. The molecule has 20 heavy (non-hydrogen) atoms. The van der Waals surface area contributed by atoms with Gasteiger partial charge in [0, 0.05) is 34.9 Å². The largest absolute Gasteiger partial charge is 0.361 e. The van der Waals surface area contributed by atoms with Crippen molar-refractivity contribution in [1.82, 2.24) is 14.8 Å². The van der Waals surface area contributed by atoms with Gasteiger partial charge in [0.2, 0.25) is 0 Å². The Hall–Kier alpha value is -2.56. The van der Waals surface area contributed by atoms with Gasteiger partial charge in [-0.3, -0.25) is 9.48 Å². The molecule has 0 aliphatic rings. The summed E-state index contributed by atoms with van der Waals surface area (Å²) in [5.41, 5.74) is 2.36. The molecular formula is C15H16N4O. The fourth-order valence-electron chi connectivity index (χ4n) is 2.08. The second kappa shape index (κ2) is 4.85. The summed E-state index contributed by atoms with van der Waals surface area (Å²) in [5.74, 6) is -0.128. The molecule has 0 saturated carbocycles. The van der Waals surface area contributed by atoms with E-state index in [1.54, 1.807) is 12.3 Å². The van der Waals surface area contributed by atoms with Crippen molar-refractivity contribution in [1.29, 1.82) is 0 Å². The Morgan fingerprint density at radius 1 is 1.35 bits per heavy atom. The van der Waals surface area contributed by atoms with Gasteiger partial charge in [-0.2, -0.15) is 5.10 Å². The molecule has 0 radical (unpaired) electrons. The quantitative estimate of drug-likeness (QED) is 0.766. The summed E-state index contributed by atoms with van der Waals surface area (Å²) in [5, 5.41) is 8.08. The van der Waals surface area contributed by atoms with E-state index in [1.165, 1.54) is 0 Å².